The van der Waals surface area contributed by atoms with Crippen LogP contribution in [0.1, 0.15) is 16.7 Å². The van der Waals surface area contributed by atoms with Crippen LogP contribution in [0, 0.1) is 22.7 Å². The van der Waals surface area contributed by atoms with E-state index in [9.17, 15) is 15.3 Å². The summed E-state index contributed by atoms with van der Waals surface area (Å²) in [6, 6.07) is 26.1. The zero-order chi connectivity index (χ0) is 27.5. The topological polar surface area (TPSA) is 95.6 Å². The molecule has 0 unspecified atom stereocenters. The number of benzene rings is 3. The molecule has 0 fully saturated rings. The maximum absolute atomic E-state index is 14.2. The average molecular weight is 514 g/mol. The minimum absolute atomic E-state index is 0.0788. The highest BCUT2D eigenvalue weighted by atomic mass is 16.5. The summed E-state index contributed by atoms with van der Waals surface area (Å²) in [7, 11) is 4.78. The van der Waals surface area contributed by atoms with Gasteiger partial charge in [0.05, 0.1) is 44.0 Å². The Morgan fingerprint density at radius 1 is 0.641 bits per heavy atom. The number of ether oxygens (including phenoxy) is 3. The molecule has 3 aromatic carbocycles. The Morgan fingerprint density at radius 2 is 1.08 bits per heavy atom. The maximum Gasteiger partial charge on any atom is 0.212 e. The molecule has 3 aromatic rings. The van der Waals surface area contributed by atoms with Crippen LogP contribution in [-0.2, 0) is 4.79 Å². The molecule has 0 amide bonds. The molecular formula is C32H23N3O4. The van der Waals surface area contributed by atoms with Gasteiger partial charge in [0.1, 0.15) is 35.0 Å². The van der Waals surface area contributed by atoms with Crippen molar-refractivity contribution in [1.82, 2.24) is 4.90 Å². The fraction of sp³-hybridized carbons (Fsp3) is 0.0938. The summed E-state index contributed by atoms with van der Waals surface area (Å²) in [6.45, 7) is 0. The standard InChI is InChI=1S/C32H23N3O4/c1-37-25-10-4-20(5-11-25)28-16-23(24(18-33)19-34)17-29-32(36)30(21-6-12-26(38-2)13-7-21)31(35(28)29)22-8-14-27(39-3)15-9-22/h4-17H,1-3H3. The van der Waals surface area contributed by atoms with Gasteiger partial charge in [0.2, 0.25) is 5.78 Å². The van der Waals surface area contributed by atoms with Crippen LogP contribution in [0.3, 0.4) is 0 Å². The Kier molecular flexibility index (Phi) is 6.74. The number of ketones is 1. The van der Waals surface area contributed by atoms with Crippen molar-refractivity contribution in [2.45, 2.75) is 0 Å². The molecule has 0 aromatic heterocycles. The number of carbonyl (C=O) groups is 1. The van der Waals surface area contributed by atoms with E-state index in [1.54, 1.807) is 33.5 Å². The van der Waals surface area contributed by atoms with Crippen LogP contribution in [-0.4, -0.2) is 32.0 Å². The van der Waals surface area contributed by atoms with Crippen LogP contribution in [0.25, 0.3) is 17.0 Å². The molecule has 7 heteroatoms. The van der Waals surface area contributed by atoms with Crippen LogP contribution in [0.2, 0.25) is 0 Å². The molecule has 0 aliphatic carbocycles. The van der Waals surface area contributed by atoms with Crippen LogP contribution < -0.4 is 14.2 Å². The van der Waals surface area contributed by atoms with E-state index in [2.05, 4.69) is 0 Å². The van der Waals surface area contributed by atoms with E-state index in [0.29, 0.717) is 51.0 Å². The summed E-state index contributed by atoms with van der Waals surface area (Å²) < 4.78 is 16.0. The number of Topliss-reactive ketones (excluding diaryl/α,β-unsaturated/α-hetero) is 1. The molecule has 5 rings (SSSR count). The lowest BCUT2D eigenvalue weighted by Crippen LogP contribution is -2.21. The molecule has 2 heterocycles. The van der Waals surface area contributed by atoms with Crippen molar-refractivity contribution in [3.8, 4) is 29.4 Å². The number of rotatable bonds is 6. The molecule has 0 spiro atoms. The maximum atomic E-state index is 14.2. The normalized spacial score (nSPS) is 14.1. The van der Waals surface area contributed by atoms with Crippen molar-refractivity contribution in [1.29, 1.82) is 10.5 Å². The van der Waals surface area contributed by atoms with Gasteiger partial charge < -0.3 is 19.1 Å². The average Bonchev–Trinajstić information content (AvgIpc) is 3.29. The Balaban J connectivity index is 1.80. The van der Waals surface area contributed by atoms with Crippen molar-refractivity contribution in [3.63, 3.8) is 0 Å². The lowest BCUT2D eigenvalue weighted by Gasteiger charge is -2.30. The number of hydrogen-bond acceptors (Lipinski definition) is 7. The van der Waals surface area contributed by atoms with Gasteiger partial charge in [-0.1, -0.05) is 12.1 Å². The first-order valence-corrected chi connectivity index (χ1v) is 12.0. The molecule has 39 heavy (non-hydrogen) atoms. The molecular weight excluding hydrogens is 490 g/mol. The number of hydrogen-bond donors (Lipinski definition) is 0. The van der Waals surface area contributed by atoms with Crippen LogP contribution in [0.4, 0.5) is 0 Å². The van der Waals surface area contributed by atoms with Gasteiger partial charge in [-0.25, -0.2) is 0 Å². The van der Waals surface area contributed by atoms with E-state index < -0.39 is 0 Å². The fourth-order valence-corrected chi connectivity index (χ4v) is 4.67. The first-order chi connectivity index (χ1) is 19.0. The summed E-state index contributed by atoms with van der Waals surface area (Å²) in [5.41, 5.74) is 4.74. The third-order valence-corrected chi connectivity index (χ3v) is 6.63. The van der Waals surface area contributed by atoms with E-state index in [1.165, 1.54) is 0 Å². The van der Waals surface area contributed by atoms with Gasteiger partial charge in [-0.2, -0.15) is 10.5 Å². The Hall–Kier alpha value is -5.53. The number of nitrogens with zero attached hydrogens (tertiary/aromatic N) is 3. The molecule has 0 atom stereocenters. The molecule has 2 aliphatic rings. The Labute approximate surface area is 226 Å². The summed E-state index contributed by atoms with van der Waals surface area (Å²) >= 11 is 0. The lowest BCUT2D eigenvalue weighted by atomic mass is 9.97. The molecule has 2 aliphatic heterocycles. The third kappa shape index (κ3) is 4.43. The van der Waals surface area contributed by atoms with Gasteiger partial charge in [0.15, 0.2) is 0 Å². The molecule has 0 bridgehead atoms. The predicted octanol–water partition coefficient (Wildman–Crippen LogP) is 5.75. The number of methoxy groups -OCH3 is 3. The predicted molar refractivity (Wildman–Crippen MR) is 147 cm³/mol. The van der Waals surface area contributed by atoms with Crippen molar-refractivity contribution < 1.29 is 19.0 Å². The van der Waals surface area contributed by atoms with E-state index in [0.717, 1.165) is 11.1 Å². The number of fused-ring (bicyclic) bond motifs is 1. The van der Waals surface area contributed by atoms with Gasteiger partial charge in [-0.3, -0.25) is 4.79 Å². The Morgan fingerprint density at radius 3 is 1.54 bits per heavy atom. The summed E-state index contributed by atoms with van der Waals surface area (Å²) in [6.07, 6.45) is 3.37. The number of allylic oxidation sites excluding steroid dienone is 5. The molecule has 0 N–H and O–H groups in total. The van der Waals surface area contributed by atoms with E-state index >= 15 is 0 Å². The minimum atomic E-state index is -0.224. The third-order valence-electron chi connectivity index (χ3n) is 6.63. The van der Waals surface area contributed by atoms with Crippen LogP contribution in [0.5, 0.6) is 17.2 Å². The van der Waals surface area contributed by atoms with E-state index in [4.69, 9.17) is 14.2 Å². The highest BCUT2D eigenvalue weighted by Gasteiger charge is 2.40. The van der Waals surface area contributed by atoms with Crippen molar-refractivity contribution in [3.05, 3.63) is 118 Å². The van der Waals surface area contributed by atoms with Gasteiger partial charge in [0.25, 0.3) is 0 Å². The number of nitriles is 2. The van der Waals surface area contributed by atoms with Crippen molar-refractivity contribution in [2.24, 2.45) is 0 Å². The second-order valence-electron chi connectivity index (χ2n) is 8.69. The number of carbonyl (C=O) groups excluding carboxylic acids is 1. The van der Waals surface area contributed by atoms with Crippen LogP contribution >= 0.6 is 0 Å². The molecule has 0 saturated heterocycles. The smallest absolute Gasteiger partial charge is 0.212 e. The SMILES string of the molecule is COc1ccc(C2=CC(=C(C#N)C#N)C=C3C(=O)C(c4ccc(OC)cc4)=C(c4ccc(OC)cc4)N32)cc1. The van der Waals surface area contributed by atoms with Gasteiger partial charge in [-0.15, -0.1) is 0 Å². The summed E-state index contributed by atoms with van der Waals surface area (Å²) in [4.78, 5) is 16.1. The molecule has 0 radical (unpaired) electrons. The van der Waals surface area contributed by atoms with E-state index in [-0.39, 0.29) is 11.4 Å². The summed E-state index contributed by atoms with van der Waals surface area (Å²) in [5.74, 6) is 1.81. The second kappa shape index (κ2) is 10.5. The largest absolute Gasteiger partial charge is 0.497 e. The fourth-order valence-electron chi connectivity index (χ4n) is 4.67. The summed E-state index contributed by atoms with van der Waals surface area (Å²) in [5, 5.41) is 19.3. The van der Waals surface area contributed by atoms with Crippen LogP contribution in [0.15, 0.2) is 102 Å². The van der Waals surface area contributed by atoms with E-state index in [1.807, 2.05) is 89.8 Å². The minimum Gasteiger partial charge on any atom is -0.497 e. The van der Waals surface area contributed by atoms with Gasteiger partial charge in [-0.05, 0) is 89.5 Å². The second-order valence-corrected chi connectivity index (χ2v) is 8.69. The lowest BCUT2D eigenvalue weighted by molar-refractivity contribution is -0.110. The highest BCUT2D eigenvalue weighted by molar-refractivity contribution is 6.39. The zero-order valence-corrected chi connectivity index (χ0v) is 21.6. The highest BCUT2D eigenvalue weighted by Crippen LogP contribution is 2.48. The quantitative estimate of drug-likeness (QED) is 0.388. The monoisotopic (exact) mass is 513 g/mol. The van der Waals surface area contributed by atoms with Crippen molar-refractivity contribution in [2.75, 3.05) is 21.3 Å². The first-order valence-electron chi connectivity index (χ1n) is 12.0. The zero-order valence-electron chi connectivity index (χ0n) is 21.6. The molecule has 0 saturated carbocycles. The first kappa shape index (κ1) is 25.1. The Bertz CT molecular complexity index is 1650. The van der Waals surface area contributed by atoms with Gasteiger partial charge in [0, 0.05) is 5.57 Å². The molecule has 7 nitrogen and oxygen atoms in total. The van der Waals surface area contributed by atoms with Crippen molar-refractivity contribution >= 4 is 22.8 Å². The molecule has 190 valence electrons. The van der Waals surface area contributed by atoms with Gasteiger partial charge >= 0.3 is 0 Å².